The molecule has 1 saturated carbocycles. The van der Waals surface area contributed by atoms with E-state index in [1.807, 2.05) is 38.1 Å². The van der Waals surface area contributed by atoms with E-state index in [0.29, 0.717) is 5.02 Å². The molecule has 104 valence electrons. The number of hydrogen-bond donors (Lipinski definition) is 2. The second-order valence-electron chi connectivity index (χ2n) is 5.63. The summed E-state index contributed by atoms with van der Waals surface area (Å²) >= 11 is 6.15. The first kappa shape index (κ1) is 14.4. The number of hydrogen-bond acceptors (Lipinski definition) is 2. The molecule has 19 heavy (non-hydrogen) atoms. The van der Waals surface area contributed by atoms with Gasteiger partial charge in [-0.05, 0) is 38.3 Å². The first-order valence-corrected chi connectivity index (χ1v) is 7.14. The average Bonchev–Trinajstić information content (AvgIpc) is 2.71. The van der Waals surface area contributed by atoms with Crippen LogP contribution in [0.5, 0.6) is 0 Å². The van der Waals surface area contributed by atoms with Gasteiger partial charge < -0.3 is 11.1 Å². The standard InChI is InChI=1S/C15H21ClN2O/c1-10(11-6-3-4-7-12(11)16)18-14(19)15(2)9-5-8-13(15)17/h3-4,6-7,10,13H,5,8-9,17H2,1-2H3,(H,18,19). The second-order valence-corrected chi connectivity index (χ2v) is 6.04. The Morgan fingerprint density at radius 3 is 2.79 bits per heavy atom. The van der Waals surface area contributed by atoms with Crippen molar-refractivity contribution in [3.63, 3.8) is 0 Å². The maximum atomic E-state index is 12.4. The molecular weight excluding hydrogens is 260 g/mol. The van der Waals surface area contributed by atoms with Crippen LogP contribution in [0.1, 0.15) is 44.7 Å². The lowest BCUT2D eigenvalue weighted by Gasteiger charge is -2.29. The van der Waals surface area contributed by atoms with Gasteiger partial charge in [0.05, 0.1) is 11.5 Å². The van der Waals surface area contributed by atoms with Crippen LogP contribution in [0.4, 0.5) is 0 Å². The van der Waals surface area contributed by atoms with Crippen LogP contribution in [0.15, 0.2) is 24.3 Å². The second kappa shape index (κ2) is 5.51. The molecule has 1 aromatic carbocycles. The maximum absolute atomic E-state index is 12.4. The zero-order valence-electron chi connectivity index (χ0n) is 11.4. The minimum Gasteiger partial charge on any atom is -0.349 e. The average molecular weight is 281 g/mol. The molecule has 1 aliphatic rings. The highest BCUT2D eigenvalue weighted by molar-refractivity contribution is 6.31. The number of halogens is 1. The number of nitrogens with two attached hydrogens (primary N) is 1. The van der Waals surface area contributed by atoms with Crippen LogP contribution in [0.3, 0.4) is 0 Å². The highest BCUT2D eigenvalue weighted by Gasteiger charge is 2.43. The fraction of sp³-hybridized carbons (Fsp3) is 0.533. The molecule has 1 aliphatic carbocycles. The molecule has 0 saturated heterocycles. The van der Waals surface area contributed by atoms with E-state index in [0.717, 1.165) is 24.8 Å². The Hall–Kier alpha value is -1.06. The van der Waals surface area contributed by atoms with Gasteiger partial charge in [0.1, 0.15) is 0 Å². The molecule has 0 spiro atoms. The van der Waals surface area contributed by atoms with Crippen molar-refractivity contribution in [3.8, 4) is 0 Å². The van der Waals surface area contributed by atoms with Crippen LogP contribution in [-0.4, -0.2) is 11.9 Å². The molecule has 0 radical (unpaired) electrons. The molecule has 0 aromatic heterocycles. The summed E-state index contributed by atoms with van der Waals surface area (Å²) in [5.41, 5.74) is 6.56. The van der Waals surface area contributed by atoms with Gasteiger partial charge in [0.15, 0.2) is 0 Å². The van der Waals surface area contributed by atoms with Gasteiger partial charge in [0.25, 0.3) is 0 Å². The molecule has 1 amide bonds. The number of benzene rings is 1. The fourth-order valence-corrected chi connectivity index (χ4v) is 3.04. The van der Waals surface area contributed by atoms with Gasteiger partial charge in [-0.25, -0.2) is 0 Å². The van der Waals surface area contributed by atoms with Gasteiger partial charge in [0.2, 0.25) is 5.91 Å². The first-order valence-electron chi connectivity index (χ1n) is 6.76. The van der Waals surface area contributed by atoms with Crippen molar-refractivity contribution < 1.29 is 4.79 Å². The van der Waals surface area contributed by atoms with E-state index in [2.05, 4.69) is 5.32 Å². The predicted octanol–water partition coefficient (Wildman–Crippen LogP) is 3.03. The SMILES string of the molecule is CC(NC(=O)C1(C)CCCC1N)c1ccccc1Cl. The molecular formula is C15H21ClN2O. The van der Waals surface area contributed by atoms with Gasteiger partial charge >= 0.3 is 0 Å². The first-order chi connectivity index (χ1) is 8.95. The van der Waals surface area contributed by atoms with Gasteiger partial charge in [-0.3, -0.25) is 4.79 Å². The predicted molar refractivity (Wildman–Crippen MR) is 77.9 cm³/mol. The third-order valence-corrected chi connectivity index (χ3v) is 4.61. The lowest BCUT2D eigenvalue weighted by atomic mass is 9.84. The van der Waals surface area contributed by atoms with E-state index in [1.54, 1.807) is 0 Å². The number of rotatable bonds is 3. The van der Waals surface area contributed by atoms with Crippen molar-refractivity contribution in [1.82, 2.24) is 5.32 Å². The summed E-state index contributed by atoms with van der Waals surface area (Å²) < 4.78 is 0. The van der Waals surface area contributed by atoms with Gasteiger partial charge in [-0.1, -0.05) is 36.2 Å². The molecule has 0 heterocycles. The Bertz CT molecular complexity index is 477. The highest BCUT2D eigenvalue weighted by Crippen LogP contribution is 2.37. The maximum Gasteiger partial charge on any atom is 0.227 e. The van der Waals surface area contributed by atoms with E-state index in [1.165, 1.54) is 0 Å². The molecule has 3 unspecified atom stereocenters. The normalized spacial score (nSPS) is 28.1. The van der Waals surface area contributed by atoms with E-state index in [9.17, 15) is 4.79 Å². The van der Waals surface area contributed by atoms with Crippen LogP contribution >= 0.6 is 11.6 Å². The molecule has 4 heteroatoms. The van der Waals surface area contributed by atoms with Crippen molar-refractivity contribution >= 4 is 17.5 Å². The van der Waals surface area contributed by atoms with Gasteiger partial charge in [-0.15, -0.1) is 0 Å². The summed E-state index contributed by atoms with van der Waals surface area (Å²) in [5, 5.41) is 3.72. The van der Waals surface area contributed by atoms with Crippen LogP contribution in [-0.2, 0) is 4.79 Å². The van der Waals surface area contributed by atoms with Crippen molar-refractivity contribution in [2.24, 2.45) is 11.1 Å². The Morgan fingerprint density at radius 2 is 2.21 bits per heavy atom. The Balaban J connectivity index is 2.09. The minimum atomic E-state index is -0.449. The molecule has 0 bridgehead atoms. The number of nitrogens with one attached hydrogen (secondary N) is 1. The van der Waals surface area contributed by atoms with E-state index in [-0.39, 0.29) is 18.0 Å². The summed E-state index contributed by atoms with van der Waals surface area (Å²) in [5.74, 6) is 0.0323. The van der Waals surface area contributed by atoms with Gasteiger partial charge in [-0.2, -0.15) is 0 Å². The molecule has 3 nitrogen and oxygen atoms in total. The summed E-state index contributed by atoms with van der Waals surface area (Å²) in [6.45, 7) is 3.91. The Kier molecular flexibility index (Phi) is 4.16. The van der Waals surface area contributed by atoms with Crippen molar-refractivity contribution in [3.05, 3.63) is 34.9 Å². The quantitative estimate of drug-likeness (QED) is 0.894. The summed E-state index contributed by atoms with van der Waals surface area (Å²) in [4.78, 5) is 12.4. The lowest BCUT2D eigenvalue weighted by Crippen LogP contribution is -2.47. The highest BCUT2D eigenvalue weighted by atomic mass is 35.5. The third-order valence-electron chi connectivity index (χ3n) is 4.27. The number of amides is 1. The molecule has 3 N–H and O–H groups in total. The lowest BCUT2D eigenvalue weighted by molar-refractivity contribution is -0.131. The van der Waals surface area contributed by atoms with Crippen molar-refractivity contribution in [2.75, 3.05) is 0 Å². The summed E-state index contributed by atoms with van der Waals surface area (Å²) in [6.07, 6.45) is 2.80. The molecule has 3 atom stereocenters. The summed E-state index contributed by atoms with van der Waals surface area (Å²) in [7, 11) is 0. The van der Waals surface area contributed by atoms with E-state index >= 15 is 0 Å². The number of carbonyl (C=O) groups is 1. The van der Waals surface area contributed by atoms with E-state index < -0.39 is 5.41 Å². The third kappa shape index (κ3) is 2.77. The van der Waals surface area contributed by atoms with Crippen molar-refractivity contribution in [2.45, 2.75) is 45.2 Å². The smallest absolute Gasteiger partial charge is 0.227 e. The van der Waals surface area contributed by atoms with Crippen LogP contribution in [0.25, 0.3) is 0 Å². The summed E-state index contributed by atoms with van der Waals surface area (Å²) in [6, 6.07) is 7.42. The van der Waals surface area contributed by atoms with E-state index in [4.69, 9.17) is 17.3 Å². The van der Waals surface area contributed by atoms with Gasteiger partial charge in [0, 0.05) is 11.1 Å². The Morgan fingerprint density at radius 1 is 1.53 bits per heavy atom. The van der Waals surface area contributed by atoms with Crippen LogP contribution in [0.2, 0.25) is 5.02 Å². The monoisotopic (exact) mass is 280 g/mol. The van der Waals surface area contributed by atoms with Crippen LogP contribution < -0.4 is 11.1 Å². The molecule has 2 rings (SSSR count). The molecule has 1 fully saturated rings. The molecule has 1 aromatic rings. The zero-order chi connectivity index (χ0) is 14.0. The topological polar surface area (TPSA) is 55.1 Å². The minimum absolute atomic E-state index is 0.0323. The fourth-order valence-electron chi connectivity index (χ4n) is 2.74. The zero-order valence-corrected chi connectivity index (χ0v) is 12.2. The molecule has 0 aliphatic heterocycles. The van der Waals surface area contributed by atoms with Crippen molar-refractivity contribution in [1.29, 1.82) is 0 Å². The number of carbonyl (C=O) groups excluding carboxylic acids is 1. The van der Waals surface area contributed by atoms with Crippen LogP contribution in [0, 0.1) is 5.41 Å². The largest absolute Gasteiger partial charge is 0.349 e. The Labute approximate surface area is 119 Å².